The van der Waals surface area contributed by atoms with E-state index in [0.717, 1.165) is 5.76 Å². The zero-order chi connectivity index (χ0) is 8.32. The van der Waals surface area contributed by atoms with Crippen LogP contribution >= 0.6 is 11.6 Å². The molecule has 0 bridgehead atoms. The maximum absolute atomic E-state index is 5.97. The van der Waals surface area contributed by atoms with E-state index >= 15 is 0 Å². The van der Waals surface area contributed by atoms with Crippen molar-refractivity contribution in [3.8, 4) is 0 Å². The van der Waals surface area contributed by atoms with Crippen molar-refractivity contribution < 1.29 is 9.47 Å². The molecule has 0 heterocycles. The predicted molar refractivity (Wildman–Crippen MR) is 44.4 cm³/mol. The molecule has 3 heteroatoms. The van der Waals surface area contributed by atoms with Crippen LogP contribution in [0.4, 0.5) is 0 Å². The van der Waals surface area contributed by atoms with Crippen LogP contribution in [0.1, 0.15) is 6.42 Å². The van der Waals surface area contributed by atoms with E-state index in [1.54, 1.807) is 26.4 Å². The van der Waals surface area contributed by atoms with Gasteiger partial charge >= 0.3 is 0 Å². The van der Waals surface area contributed by atoms with Crippen LogP contribution in [0, 0.1) is 0 Å². The molecule has 62 valence electrons. The lowest BCUT2D eigenvalue weighted by Crippen LogP contribution is -2.21. The van der Waals surface area contributed by atoms with Crippen molar-refractivity contribution in [3.63, 3.8) is 0 Å². The number of alkyl halides is 1. The molecule has 11 heavy (non-hydrogen) atoms. The van der Waals surface area contributed by atoms with Crippen LogP contribution in [0.25, 0.3) is 0 Å². The third kappa shape index (κ3) is 1.98. The number of allylic oxidation sites excluding steroid dienone is 1. The predicted octanol–water partition coefficient (Wildman–Crippen LogP) is 2.06. The average molecular weight is 175 g/mol. The molecule has 1 aliphatic carbocycles. The topological polar surface area (TPSA) is 18.5 Å². The van der Waals surface area contributed by atoms with E-state index in [9.17, 15) is 0 Å². The fraction of sp³-hybridized carbons (Fsp3) is 0.500. The van der Waals surface area contributed by atoms with Crippen molar-refractivity contribution in [3.05, 3.63) is 24.0 Å². The molecule has 0 aliphatic heterocycles. The first-order chi connectivity index (χ1) is 5.20. The lowest BCUT2D eigenvalue weighted by Gasteiger charge is -2.22. The van der Waals surface area contributed by atoms with Crippen LogP contribution < -0.4 is 0 Å². The Balaban J connectivity index is 2.63. The van der Waals surface area contributed by atoms with Gasteiger partial charge in [0.05, 0.1) is 7.11 Å². The Morgan fingerprint density at radius 3 is 2.64 bits per heavy atom. The molecule has 1 unspecified atom stereocenters. The number of hydrogen-bond donors (Lipinski definition) is 0. The van der Waals surface area contributed by atoms with E-state index in [-0.39, 0.29) is 0 Å². The molecule has 0 saturated carbocycles. The van der Waals surface area contributed by atoms with Gasteiger partial charge in [-0.1, -0.05) is 11.6 Å². The molecule has 0 aromatic heterocycles. The van der Waals surface area contributed by atoms with Gasteiger partial charge < -0.3 is 9.47 Å². The Bertz CT molecular complexity index is 198. The summed E-state index contributed by atoms with van der Waals surface area (Å²) in [5.74, 6) is 0.832. The first-order valence-electron chi connectivity index (χ1n) is 3.37. The largest absolute Gasteiger partial charge is 0.497 e. The molecule has 0 spiro atoms. The molecular formula is C8H11ClO2. The van der Waals surface area contributed by atoms with Crippen molar-refractivity contribution in [2.75, 3.05) is 14.2 Å². The lowest BCUT2D eigenvalue weighted by molar-refractivity contribution is 0.104. The Hall–Kier alpha value is -0.470. The molecule has 0 radical (unpaired) electrons. The molecule has 0 amide bonds. The molecule has 1 atom stereocenters. The number of methoxy groups -OCH3 is 2. The summed E-state index contributed by atoms with van der Waals surface area (Å²) in [5, 5.41) is -0.665. The van der Waals surface area contributed by atoms with Crippen LogP contribution in [-0.4, -0.2) is 19.3 Å². The third-order valence-corrected chi connectivity index (χ3v) is 2.09. The normalized spacial score (nSPS) is 29.9. The second-order valence-corrected chi connectivity index (χ2v) is 2.98. The summed E-state index contributed by atoms with van der Waals surface area (Å²) in [6.45, 7) is 0. The number of hydrogen-bond acceptors (Lipinski definition) is 2. The third-order valence-electron chi connectivity index (χ3n) is 1.65. The zero-order valence-corrected chi connectivity index (χ0v) is 7.39. The maximum Gasteiger partial charge on any atom is 0.164 e. The SMILES string of the molecule is COC1=CCC(Cl)(OC)C=C1. The quantitative estimate of drug-likeness (QED) is 0.597. The zero-order valence-electron chi connectivity index (χ0n) is 6.63. The van der Waals surface area contributed by atoms with Crippen molar-refractivity contribution in [1.29, 1.82) is 0 Å². The van der Waals surface area contributed by atoms with Crippen LogP contribution in [0.5, 0.6) is 0 Å². The van der Waals surface area contributed by atoms with Gasteiger partial charge in [0.15, 0.2) is 5.06 Å². The van der Waals surface area contributed by atoms with E-state index < -0.39 is 5.06 Å². The van der Waals surface area contributed by atoms with Gasteiger partial charge in [-0.2, -0.15) is 0 Å². The molecule has 1 rings (SSSR count). The maximum atomic E-state index is 5.97. The minimum Gasteiger partial charge on any atom is -0.497 e. The minimum absolute atomic E-state index is 0.644. The fourth-order valence-electron chi connectivity index (χ4n) is 0.885. The Labute approximate surface area is 71.4 Å². The van der Waals surface area contributed by atoms with Crippen LogP contribution in [0.15, 0.2) is 24.0 Å². The average Bonchev–Trinajstić information content (AvgIpc) is 2.06. The standard InChI is InChI=1S/C8H11ClO2/c1-10-7-3-5-8(9,11-2)6-4-7/h3-5H,6H2,1-2H3. The monoisotopic (exact) mass is 174 g/mol. The summed E-state index contributed by atoms with van der Waals surface area (Å²) >= 11 is 5.97. The summed E-state index contributed by atoms with van der Waals surface area (Å²) in [6, 6.07) is 0. The summed E-state index contributed by atoms with van der Waals surface area (Å²) < 4.78 is 10.0. The van der Waals surface area contributed by atoms with E-state index in [1.807, 2.05) is 6.08 Å². The molecule has 2 nitrogen and oxygen atoms in total. The van der Waals surface area contributed by atoms with Crippen LogP contribution in [0.3, 0.4) is 0 Å². The van der Waals surface area contributed by atoms with Crippen molar-refractivity contribution >= 4 is 11.6 Å². The molecule has 0 aromatic carbocycles. The van der Waals surface area contributed by atoms with Gasteiger partial charge in [0, 0.05) is 13.5 Å². The van der Waals surface area contributed by atoms with Crippen LogP contribution in [-0.2, 0) is 9.47 Å². The summed E-state index contributed by atoms with van der Waals surface area (Å²) in [6.07, 6.45) is 6.13. The van der Waals surface area contributed by atoms with Gasteiger partial charge in [0.2, 0.25) is 0 Å². The number of halogens is 1. The van der Waals surface area contributed by atoms with E-state index in [1.165, 1.54) is 0 Å². The summed E-state index contributed by atoms with van der Waals surface area (Å²) in [7, 11) is 3.22. The highest BCUT2D eigenvalue weighted by molar-refractivity contribution is 6.24. The van der Waals surface area contributed by atoms with Crippen LogP contribution in [0.2, 0.25) is 0 Å². The van der Waals surface area contributed by atoms with Gasteiger partial charge in [-0.3, -0.25) is 0 Å². The van der Waals surface area contributed by atoms with E-state index in [0.29, 0.717) is 6.42 Å². The molecular weight excluding hydrogens is 164 g/mol. The Morgan fingerprint density at radius 1 is 1.55 bits per heavy atom. The Morgan fingerprint density at radius 2 is 2.27 bits per heavy atom. The Kier molecular flexibility index (Phi) is 2.58. The summed E-state index contributed by atoms with van der Waals surface area (Å²) in [5.41, 5.74) is 0. The molecule has 0 N–H and O–H groups in total. The van der Waals surface area contributed by atoms with Gasteiger partial charge in [0.25, 0.3) is 0 Å². The van der Waals surface area contributed by atoms with Gasteiger partial charge in [-0.05, 0) is 18.2 Å². The van der Waals surface area contributed by atoms with E-state index in [4.69, 9.17) is 21.1 Å². The first kappa shape index (κ1) is 8.62. The smallest absolute Gasteiger partial charge is 0.164 e. The molecule has 0 saturated heterocycles. The van der Waals surface area contributed by atoms with Gasteiger partial charge in [0.1, 0.15) is 5.76 Å². The number of ether oxygens (including phenoxy) is 2. The lowest BCUT2D eigenvalue weighted by atomic mass is 10.1. The highest BCUT2D eigenvalue weighted by atomic mass is 35.5. The molecule has 0 fully saturated rings. The molecule has 1 aliphatic rings. The number of rotatable bonds is 2. The summed E-state index contributed by atoms with van der Waals surface area (Å²) in [4.78, 5) is 0. The van der Waals surface area contributed by atoms with E-state index in [2.05, 4.69) is 0 Å². The molecule has 0 aromatic rings. The second kappa shape index (κ2) is 3.28. The highest BCUT2D eigenvalue weighted by Crippen LogP contribution is 2.28. The van der Waals surface area contributed by atoms with Gasteiger partial charge in [-0.15, -0.1) is 0 Å². The fourth-order valence-corrected chi connectivity index (χ4v) is 1.03. The van der Waals surface area contributed by atoms with Crippen molar-refractivity contribution in [2.24, 2.45) is 0 Å². The second-order valence-electron chi connectivity index (χ2n) is 2.34. The first-order valence-corrected chi connectivity index (χ1v) is 3.75. The minimum atomic E-state index is -0.665. The van der Waals surface area contributed by atoms with Crippen molar-refractivity contribution in [2.45, 2.75) is 11.5 Å². The van der Waals surface area contributed by atoms with Crippen molar-refractivity contribution in [1.82, 2.24) is 0 Å². The highest BCUT2D eigenvalue weighted by Gasteiger charge is 2.24. The van der Waals surface area contributed by atoms with Gasteiger partial charge in [-0.25, -0.2) is 0 Å².